The van der Waals surface area contributed by atoms with Crippen molar-refractivity contribution in [3.8, 4) is 0 Å². The van der Waals surface area contributed by atoms with Gasteiger partial charge in [-0.05, 0) is 0 Å². The first-order valence-corrected chi connectivity index (χ1v) is 15.9. The molecule has 0 saturated carbocycles. The quantitative estimate of drug-likeness (QED) is 0.139. The van der Waals surface area contributed by atoms with Gasteiger partial charge in [-0.25, -0.2) is 24.1 Å². The number of aliphatic hydroxyl groups is 1. The lowest BCUT2D eigenvalue weighted by Gasteiger charge is -2.25. The normalized spacial score (nSPS) is 36.5. The van der Waals surface area contributed by atoms with Gasteiger partial charge < -0.3 is 35.4 Å². The van der Waals surface area contributed by atoms with Crippen LogP contribution in [-0.2, 0) is 36.7 Å². The van der Waals surface area contributed by atoms with Crippen LogP contribution in [0.3, 0.4) is 0 Å². The van der Waals surface area contributed by atoms with Crippen LogP contribution in [0.15, 0.2) is 29.7 Å². The number of phosphoric acid groups is 2. The molecule has 3 aliphatic rings. The molecule has 0 aliphatic carbocycles. The van der Waals surface area contributed by atoms with Gasteiger partial charge in [-0.2, -0.15) is 14.6 Å². The second-order valence-electron chi connectivity index (χ2n) is 9.92. The number of fused-ring (bicyclic) bond motifs is 5. The van der Waals surface area contributed by atoms with Gasteiger partial charge in [0.15, 0.2) is 23.0 Å². The fourth-order valence-electron chi connectivity index (χ4n) is 5.11. The molecule has 3 fully saturated rings. The molecule has 22 nitrogen and oxygen atoms in total. The summed E-state index contributed by atoms with van der Waals surface area (Å²) in [7, 11) is -9.84. The Hall–Kier alpha value is -3.40. The Morgan fingerprint density at radius 1 is 1.05 bits per heavy atom. The van der Waals surface area contributed by atoms with Gasteiger partial charge in [-0.3, -0.25) is 32.4 Å². The Morgan fingerprint density at radius 2 is 1.82 bits per heavy atom. The lowest BCUT2D eigenvalue weighted by Crippen LogP contribution is -2.35. The fourth-order valence-corrected chi connectivity index (χ4v) is 7.00. The highest BCUT2D eigenvalue weighted by Crippen LogP contribution is 2.53. The van der Waals surface area contributed by atoms with E-state index < -0.39 is 77.4 Å². The Labute approximate surface area is 244 Å². The number of nitrogen functional groups attached to an aromatic ring is 1. The number of hydrogen-bond donors (Lipinski definition) is 6. The first kappa shape index (κ1) is 29.3. The zero-order valence-corrected chi connectivity index (χ0v) is 23.9. The Morgan fingerprint density at radius 3 is 2.64 bits per heavy atom. The number of nitrogens with two attached hydrogens (primary N) is 1. The molecule has 0 spiro atoms. The molecule has 2 bridgehead atoms. The minimum Gasteiger partial charge on any atom is -0.387 e. The van der Waals surface area contributed by atoms with Crippen molar-refractivity contribution in [1.82, 2.24) is 39.1 Å². The van der Waals surface area contributed by atoms with E-state index in [0.29, 0.717) is 5.65 Å². The molecule has 236 valence electrons. The molecule has 4 aromatic heterocycles. The van der Waals surface area contributed by atoms with Crippen LogP contribution in [0.25, 0.3) is 16.8 Å². The molecule has 3 saturated heterocycles. The highest BCUT2D eigenvalue weighted by atomic mass is 31.2. The van der Waals surface area contributed by atoms with Gasteiger partial charge in [0.25, 0.3) is 5.56 Å². The number of imidazole rings is 1. The van der Waals surface area contributed by atoms with Crippen LogP contribution in [0.1, 0.15) is 12.6 Å². The summed E-state index contributed by atoms with van der Waals surface area (Å²) in [6.07, 6.45) is -5.57. The molecular formula is C20H24N10O12P2. The summed E-state index contributed by atoms with van der Waals surface area (Å²) < 4.78 is 61.4. The number of nitrogens with zero attached hydrogens (tertiary/aromatic N) is 7. The van der Waals surface area contributed by atoms with E-state index >= 15 is 0 Å². The minimum absolute atomic E-state index is 0.0541. The third-order valence-electron chi connectivity index (χ3n) is 7.05. The van der Waals surface area contributed by atoms with E-state index in [1.165, 1.54) is 17.0 Å². The van der Waals surface area contributed by atoms with Crippen LogP contribution >= 0.6 is 15.6 Å². The number of anilines is 2. The highest BCUT2D eigenvalue weighted by molar-refractivity contribution is 7.47. The molecule has 0 amide bonds. The predicted octanol–water partition coefficient (Wildman–Crippen LogP) is -1.36. The van der Waals surface area contributed by atoms with Crippen LogP contribution in [-0.4, -0.2) is 104 Å². The number of nitrogens with one attached hydrogen (secondary N) is 2. The van der Waals surface area contributed by atoms with Gasteiger partial charge in [0.1, 0.15) is 43.1 Å². The average Bonchev–Trinajstić information content (AvgIpc) is 3.73. The third-order valence-corrected chi connectivity index (χ3v) is 9.05. The van der Waals surface area contributed by atoms with E-state index in [1.807, 2.05) is 0 Å². The van der Waals surface area contributed by atoms with Crippen molar-refractivity contribution in [2.24, 2.45) is 0 Å². The number of phosphoric ester groups is 2. The van der Waals surface area contributed by atoms with Crippen molar-refractivity contribution < 1.29 is 51.6 Å². The second-order valence-corrected chi connectivity index (χ2v) is 12.7. The highest BCUT2D eigenvalue weighted by Gasteiger charge is 2.51. The van der Waals surface area contributed by atoms with Crippen molar-refractivity contribution in [2.45, 2.75) is 49.4 Å². The number of H-pyrrole nitrogens is 1. The fraction of sp³-hybridized carbons (Fsp3) is 0.500. The number of rotatable bonds is 3. The van der Waals surface area contributed by atoms with Gasteiger partial charge in [0.05, 0.1) is 25.7 Å². The first-order valence-electron chi connectivity index (χ1n) is 12.9. The van der Waals surface area contributed by atoms with E-state index in [1.54, 1.807) is 6.07 Å². The summed E-state index contributed by atoms with van der Waals surface area (Å²) in [5.41, 5.74) is 5.23. The molecule has 2 unspecified atom stereocenters. The lowest BCUT2D eigenvalue weighted by molar-refractivity contribution is -0.0619. The van der Waals surface area contributed by atoms with Gasteiger partial charge in [-0.1, -0.05) is 0 Å². The summed E-state index contributed by atoms with van der Waals surface area (Å²) in [4.78, 5) is 51.9. The molecule has 4 aromatic rings. The molecule has 3 aliphatic heterocycles. The summed E-state index contributed by atoms with van der Waals surface area (Å²) >= 11 is 0. The maximum atomic E-state index is 13.1. The summed E-state index contributed by atoms with van der Waals surface area (Å²) in [6, 6.07) is 1.65. The van der Waals surface area contributed by atoms with Gasteiger partial charge in [0, 0.05) is 12.5 Å². The van der Waals surface area contributed by atoms with E-state index in [-0.39, 0.29) is 29.5 Å². The van der Waals surface area contributed by atoms with Crippen molar-refractivity contribution in [3.05, 3.63) is 35.3 Å². The molecule has 0 aromatic carbocycles. The Bertz CT molecular complexity index is 1870. The van der Waals surface area contributed by atoms with Crippen molar-refractivity contribution >= 4 is 44.4 Å². The molecule has 7 rings (SSSR count). The maximum Gasteiger partial charge on any atom is 0.472 e. The third kappa shape index (κ3) is 5.50. The van der Waals surface area contributed by atoms with Gasteiger partial charge in [0.2, 0.25) is 11.9 Å². The lowest BCUT2D eigenvalue weighted by atomic mass is 10.1. The first-order chi connectivity index (χ1) is 21.0. The van der Waals surface area contributed by atoms with E-state index in [9.17, 15) is 28.8 Å². The standard InChI is InChI=1S/C20H24N10O12P2/c21-19-27-16-13(17(32)28-19)24-7-29(16)18-15-14(31)10(40-18)5-38-43(33,34)41-8-3-12(39-9(8)4-37-44(35,36)42-15)26-20-23-6-22-11-1-2-25-30(11)20/h1-2,6-10,12,14-15,18,31H,3-5H2,(H,33,34)(H,35,36)(H,22,23,26)(H3,21,27,28,32)/t8-,9+,10+,12+,14+,15+,18+/m0/s1. The number of hydrogen-bond acceptors (Lipinski definition) is 17. The molecule has 44 heavy (non-hydrogen) atoms. The molecule has 24 heteroatoms. The van der Waals surface area contributed by atoms with E-state index in [4.69, 9.17) is 33.3 Å². The largest absolute Gasteiger partial charge is 0.472 e. The van der Waals surface area contributed by atoms with Crippen LogP contribution < -0.4 is 16.6 Å². The molecule has 9 atom stereocenters. The minimum atomic E-state index is -5.00. The monoisotopic (exact) mass is 658 g/mol. The summed E-state index contributed by atoms with van der Waals surface area (Å²) in [5.74, 6) is -0.0252. The number of aliphatic hydroxyl groups excluding tert-OH is 1. The van der Waals surface area contributed by atoms with Crippen LogP contribution in [0, 0.1) is 0 Å². The van der Waals surface area contributed by atoms with Crippen molar-refractivity contribution in [1.29, 1.82) is 0 Å². The summed E-state index contributed by atoms with van der Waals surface area (Å²) in [6.45, 7) is -1.38. The Balaban J connectivity index is 1.15. The molecule has 7 N–H and O–H groups in total. The molecule has 7 heterocycles. The smallest absolute Gasteiger partial charge is 0.387 e. The predicted molar refractivity (Wildman–Crippen MR) is 141 cm³/mol. The summed E-state index contributed by atoms with van der Waals surface area (Å²) in [5, 5.41) is 18.1. The van der Waals surface area contributed by atoms with E-state index in [0.717, 1.165) is 10.9 Å². The van der Waals surface area contributed by atoms with Gasteiger partial charge in [-0.15, -0.1) is 0 Å². The SMILES string of the molecule is Nc1nc2c(ncn2[C@@H]2O[C@@H]3COP(=O)(O)O[C@H]4C[C@H](Nc5ncnc6ccnn56)O[C@@H]4COP(=O)(O)O[C@@H]2[C@@H]3O)c(=O)[nH]1. The molecular weight excluding hydrogens is 634 g/mol. The number of aromatic amines is 1. The van der Waals surface area contributed by atoms with Crippen LogP contribution in [0.5, 0.6) is 0 Å². The maximum absolute atomic E-state index is 13.1. The Kier molecular flexibility index (Phi) is 7.26. The van der Waals surface area contributed by atoms with E-state index in [2.05, 4.69) is 35.3 Å². The second kappa shape index (κ2) is 10.9. The topological polar surface area (TPSA) is 295 Å². The average molecular weight is 658 g/mol. The van der Waals surface area contributed by atoms with Crippen LogP contribution in [0.2, 0.25) is 0 Å². The molecule has 0 radical (unpaired) electrons. The number of aromatic nitrogens is 8. The van der Waals surface area contributed by atoms with Gasteiger partial charge >= 0.3 is 15.6 Å². The zero-order chi connectivity index (χ0) is 30.8. The van der Waals surface area contributed by atoms with Crippen LogP contribution in [0.4, 0.5) is 11.9 Å². The van der Waals surface area contributed by atoms with Crippen molar-refractivity contribution in [2.75, 3.05) is 24.3 Å². The van der Waals surface area contributed by atoms with Crippen molar-refractivity contribution in [3.63, 3.8) is 0 Å². The number of ether oxygens (including phenoxy) is 2. The zero-order valence-electron chi connectivity index (χ0n) is 22.1.